The molecule has 0 aromatic carbocycles. The Kier molecular flexibility index (Phi) is 6.80. The third kappa shape index (κ3) is 5.04. The highest BCUT2D eigenvalue weighted by Crippen LogP contribution is 2.28. The van der Waals surface area contributed by atoms with Crippen LogP contribution in [-0.2, 0) is 7.05 Å². The van der Waals surface area contributed by atoms with Gasteiger partial charge in [0.15, 0.2) is 0 Å². The van der Waals surface area contributed by atoms with Gasteiger partial charge in [-0.3, -0.25) is 9.48 Å². The second-order valence-electron chi connectivity index (χ2n) is 6.47. The molecule has 1 amide bonds. The molecular weight excluding hydrogens is 294 g/mol. The van der Waals surface area contributed by atoms with E-state index in [2.05, 4.69) is 36.0 Å². The molecule has 0 bridgehead atoms. The van der Waals surface area contributed by atoms with Crippen LogP contribution < -0.4 is 5.32 Å². The van der Waals surface area contributed by atoms with Gasteiger partial charge in [-0.15, -0.1) is 0 Å². The lowest BCUT2D eigenvalue weighted by Gasteiger charge is -2.20. The lowest BCUT2D eigenvalue weighted by Crippen LogP contribution is -2.27. The van der Waals surface area contributed by atoms with Crippen LogP contribution >= 0.6 is 11.8 Å². The number of carbonyl (C=O) groups is 1. The Balaban J connectivity index is 1.67. The Morgan fingerprint density at radius 3 is 2.77 bits per heavy atom. The minimum absolute atomic E-state index is 0.00966. The topological polar surface area (TPSA) is 46.9 Å². The van der Waals surface area contributed by atoms with Gasteiger partial charge in [-0.25, -0.2) is 0 Å². The normalized spacial score (nSPS) is 16.2. The summed E-state index contributed by atoms with van der Waals surface area (Å²) in [5, 5.41) is 8.26. The van der Waals surface area contributed by atoms with Crippen molar-refractivity contribution in [2.24, 2.45) is 7.05 Å². The van der Waals surface area contributed by atoms with Crippen molar-refractivity contribution in [1.29, 1.82) is 0 Å². The lowest BCUT2D eigenvalue weighted by atomic mass is 10.0. The highest BCUT2D eigenvalue weighted by molar-refractivity contribution is 7.99. The quantitative estimate of drug-likeness (QED) is 0.778. The van der Waals surface area contributed by atoms with Crippen LogP contribution in [0.3, 0.4) is 0 Å². The fourth-order valence-corrected chi connectivity index (χ4v) is 4.14. The molecule has 124 valence electrons. The smallest absolute Gasteiger partial charge is 0.269 e. The zero-order valence-corrected chi connectivity index (χ0v) is 14.9. The van der Waals surface area contributed by atoms with E-state index >= 15 is 0 Å². The fourth-order valence-electron chi connectivity index (χ4n) is 2.83. The number of amides is 1. The molecule has 1 fully saturated rings. The summed E-state index contributed by atoms with van der Waals surface area (Å²) in [6, 6.07) is 1.90. The number of aromatic nitrogens is 2. The van der Waals surface area contributed by atoms with Gasteiger partial charge in [0.1, 0.15) is 5.69 Å². The van der Waals surface area contributed by atoms with Crippen molar-refractivity contribution in [2.45, 2.75) is 63.5 Å². The SMILES string of the molecule is CC(C)c1cc(C(=O)NCCCSC2CCCCC2)n(C)n1. The summed E-state index contributed by atoms with van der Waals surface area (Å²) in [5.41, 5.74) is 1.63. The number of hydrogen-bond donors (Lipinski definition) is 1. The van der Waals surface area contributed by atoms with Crippen molar-refractivity contribution < 1.29 is 4.79 Å². The number of thioether (sulfide) groups is 1. The predicted octanol–water partition coefficient (Wildman–Crippen LogP) is 3.73. The van der Waals surface area contributed by atoms with Crippen molar-refractivity contribution in [3.05, 3.63) is 17.5 Å². The van der Waals surface area contributed by atoms with Gasteiger partial charge in [0.2, 0.25) is 0 Å². The van der Waals surface area contributed by atoms with E-state index in [4.69, 9.17) is 0 Å². The zero-order chi connectivity index (χ0) is 15.9. The van der Waals surface area contributed by atoms with E-state index < -0.39 is 0 Å². The minimum Gasteiger partial charge on any atom is -0.351 e. The molecule has 22 heavy (non-hydrogen) atoms. The molecule has 1 aromatic heterocycles. The number of hydrogen-bond acceptors (Lipinski definition) is 3. The molecule has 0 saturated heterocycles. The van der Waals surface area contributed by atoms with Crippen LogP contribution in [-0.4, -0.2) is 33.2 Å². The van der Waals surface area contributed by atoms with Gasteiger partial charge in [0.25, 0.3) is 5.91 Å². The fraction of sp³-hybridized carbons (Fsp3) is 0.765. The maximum absolute atomic E-state index is 12.2. The van der Waals surface area contributed by atoms with Crippen LogP contribution in [0.2, 0.25) is 0 Å². The minimum atomic E-state index is -0.00966. The highest BCUT2D eigenvalue weighted by atomic mass is 32.2. The van der Waals surface area contributed by atoms with Crippen molar-refractivity contribution in [3.63, 3.8) is 0 Å². The summed E-state index contributed by atoms with van der Waals surface area (Å²) in [7, 11) is 1.83. The van der Waals surface area contributed by atoms with Crippen LogP contribution in [0.15, 0.2) is 6.07 Å². The van der Waals surface area contributed by atoms with Crippen molar-refractivity contribution in [1.82, 2.24) is 15.1 Å². The van der Waals surface area contributed by atoms with E-state index in [0.717, 1.165) is 29.7 Å². The first kappa shape index (κ1) is 17.4. The van der Waals surface area contributed by atoms with Crippen LogP contribution in [0.5, 0.6) is 0 Å². The summed E-state index contributed by atoms with van der Waals surface area (Å²) in [6.07, 6.45) is 8.01. The van der Waals surface area contributed by atoms with Gasteiger partial charge in [-0.2, -0.15) is 16.9 Å². The molecule has 0 atom stereocenters. The van der Waals surface area contributed by atoms with Crippen LogP contribution in [0.25, 0.3) is 0 Å². The molecule has 1 N–H and O–H groups in total. The number of nitrogens with one attached hydrogen (secondary N) is 1. The van der Waals surface area contributed by atoms with Gasteiger partial charge in [0.05, 0.1) is 5.69 Å². The third-order valence-electron chi connectivity index (χ3n) is 4.24. The molecule has 0 unspecified atom stereocenters. The second kappa shape index (κ2) is 8.61. The number of carbonyl (C=O) groups excluding carboxylic acids is 1. The average Bonchev–Trinajstić information content (AvgIpc) is 2.90. The van der Waals surface area contributed by atoms with Crippen LogP contribution in [0.1, 0.15) is 74.5 Å². The third-order valence-corrected chi connectivity index (χ3v) is 5.70. The first-order valence-corrected chi connectivity index (χ1v) is 9.56. The van der Waals surface area contributed by atoms with Gasteiger partial charge in [-0.1, -0.05) is 33.1 Å². The molecule has 5 heteroatoms. The summed E-state index contributed by atoms with van der Waals surface area (Å²) < 4.78 is 1.68. The average molecular weight is 324 g/mol. The first-order chi connectivity index (χ1) is 10.6. The molecule has 1 aliphatic rings. The first-order valence-electron chi connectivity index (χ1n) is 8.51. The largest absolute Gasteiger partial charge is 0.351 e. The Morgan fingerprint density at radius 1 is 1.41 bits per heavy atom. The number of nitrogens with zero attached hydrogens (tertiary/aromatic N) is 2. The number of rotatable bonds is 7. The zero-order valence-electron chi connectivity index (χ0n) is 14.1. The second-order valence-corrected chi connectivity index (χ2v) is 7.88. The Morgan fingerprint density at radius 2 is 2.14 bits per heavy atom. The Labute approximate surface area is 138 Å². The summed E-state index contributed by atoms with van der Waals surface area (Å²) in [5.74, 6) is 1.48. The van der Waals surface area contributed by atoms with E-state index in [1.54, 1.807) is 4.68 Å². The van der Waals surface area contributed by atoms with E-state index in [9.17, 15) is 4.79 Å². The van der Waals surface area contributed by atoms with Crippen molar-refractivity contribution >= 4 is 17.7 Å². The number of aryl methyl sites for hydroxylation is 1. The summed E-state index contributed by atoms with van der Waals surface area (Å²) >= 11 is 2.09. The van der Waals surface area contributed by atoms with Gasteiger partial charge in [-0.05, 0) is 37.0 Å². The highest BCUT2D eigenvalue weighted by Gasteiger charge is 2.15. The molecule has 1 aromatic rings. The molecule has 4 nitrogen and oxygen atoms in total. The molecule has 0 radical (unpaired) electrons. The maximum atomic E-state index is 12.2. The van der Waals surface area contributed by atoms with Gasteiger partial charge in [0, 0.05) is 18.8 Å². The molecule has 0 spiro atoms. The monoisotopic (exact) mass is 323 g/mol. The standard InChI is InChI=1S/C17H29N3OS/c1-13(2)15-12-16(20(3)19-15)17(21)18-10-7-11-22-14-8-5-4-6-9-14/h12-14H,4-11H2,1-3H3,(H,18,21). The van der Waals surface area contributed by atoms with Crippen molar-refractivity contribution in [3.8, 4) is 0 Å². The van der Waals surface area contributed by atoms with E-state index in [-0.39, 0.29) is 5.91 Å². The van der Waals surface area contributed by atoms with E-state index in [1.807, 2.05) is 13.1 Å². The Hall–Kier alpha value is -0.970. The maximum Gasteiger partial charge on any atom is 0.269 e. The van der Waals surface area contributed by atoms with Gasteiger partial charge < -0.3 is 5.32 Å². The molecule has 2 rings (SSSR count). The molecule has 1 saturated carbocycles. The van der Waals surface area contributed by atoms with Gasteiger partial charge >= 0.3 is 0 Å². The summed E-state index contributed by atoms with van der Waals surface area (Å²) in [6.45, 7) is 4.93. The van der Waals surface area contributed by atoms with Crippen LogP contribution in [0.4, 0.5) is 0 Å². The van der Waals surface area contributed by atoms with E-state index in [1.165, 1.54) is 32.1 Å². The summed E-state index contributed by atoms with van der Waals surface area (Å²) in [4.78, 5) is 12.2. The molecule has 1 aliphatic carbocycles. The van der Waals surface area contributed by atoms with Crippen molar-refractivity contribution in [2.75, 3.05) is 12.3 Å². The molecule has 1 heterocycles. The molecule has 0 aliphatic heterocycles. The Bertz CT molecular complexity index is 478. The predicted molar refractivity (Wildman–Crippen MR) is 93.6 cm³/mol. The molecular formula is C17H29N3OS. The van der Waals surface area contributed by atoms with E-state index in [0.29, 0.717) is 11.6 Å². The van der Waals surface area contributed by atoms with Crippen LogP contribution in [0, 0.1) is 0 Å². The lowest BCUT2D eigenvalue weighted by molar-refractivity contribution is 0.0944.